The summed E-state index contributed by atoms with van der Waals surface area (Å²) in [6.45, 7) is -0.548. The van der Waals surface area contributed by atoms with Crippen LogP contribution in [0.15, 0.2) is 30.7 Å². The number of carboxylic acids is 1. The van der Waals surface area contributed by atoms with Crippen molar-refractivity contribution in [3.8, 4) is 17.1 Å². The van der Waals surface area contributed by atoms with Gasteiger partial charge in [0.05, 0.1) is 18.1 Å². The number of ether oxygens (including phenoxy) is 1. The maximum Gasteiger partial charge on any atom is 0.356 e. The van der Waals surface area contributed by atoms with Crippen molar-refractivity contribution in [1.82, 2.24) is 15.0 Å². The van der Waals surface area contributed by atoms with E-state index < -0.39 is 18.3 Å². The van der Waals surface area contributed by atoms with E-state index in [0.29, 0.717) is 11.3 Å². The Bertz CT molecular complexity index is 642. The topological polar surface area (TPSA) is 126 Å². The zero-order valence-corrected chi connectivity index (χ0v) is 10.7. The molecule has 0 fully saturated rings. The molecule has 3 N–H and O–H groups in total. The Morgan fingerprint density at radius 1 is 1.29 bits per heavy atom. The fourth-order valence-electron chi connectivity index (χ4n) is 1.41. The highest BCUT2D eigenvalue weighted by Gasteiger charge is 2.15. The number of aliphatic hydroxyl groups is 2. The van der Waals surface area contributed by atoms with E-state index in [1.807, 2.05) is 0 Å². The predicted molar refractivity (Wildman–Crippen MR) is 70.6 cm³/mol. The highest BCUT2D eigenvalue weighted by Crippen LogP contribution is 2.18. The predicted octanol–water partition coefficient (Wildman–Crippen LogP) is -0.578. The molecule has 106 valence electrons. The van der Waals surface area contributed by atoms with Gasteiger partial charge in [0, 0.05) is 17.8 Å². The van der Waals surface area contributed by atoms with Gasteiger partial charge in [-0.25, -0.2) is 14.8 Å². The van der Waals surface area contributed by atoms with Crippen LogP contribution in [0.5, 0.6) is 5.88 Å². The molecule has 0 aliphatic rings. The number of hydrogen-bond acceptors (Lipinski definition) is 7. The lowest BCUT2D eigenvalue weighted by atomic mass is 9.96. The van der Waals surface area contributed by atoms with Crippen LogP contribution < -0.4 is 4.74 Å². The zero-order chi connectivity index (χ0) is 15.5. The number of aromatic carboxylic acids is 1. The second-order valence-electron chi connectivity index (χ2n) is 4.15. The van der Waals surface area contributed by atoms with Crippen LogP contribution in [0.3, 0.4) is 0 Å². The molecule has 0 atom stereocenters. The van der Waals surface area contributed by atoms with Gasteiger partial charge in [0.15, 0.2) is 13.5 Å². The minimum Gasteiger partial charge on any atom is -0.476 e. The van der Waals surface area contributed by atoms with Gasteiger partial charge in [-0.3, -0.25) is 4.98 Å². The van der Waals surface area contributed by atoms with Gasteiger partial charge >= 0.3 is 5.97 Å². The van der Waals surface area contributed by atoms with E-state index in [-0.39, 0.29) is 11.6 Å². The Kier molecular flexibility index (Phi) is 4.15. The average molecular weight is 287 g/mol. The van der Waals surface area contributed by atoms with E-state index in [4.69, 9.17) is 27.9 Å². The maximum atomic E-state index is 10.8. The number of pyridine rings is 1. The molecule has 0 aromatic carbocycles. The lowest BCUT2D eigenvalue weighted by molar-refractivity contribution is -0.111. The highest BCUT2D eigenvalue weighted by molar-refractivity contribution is 6.13. The number of carboxylic acid groups (broad SMARTS) is 1. The van der Waals surface area contributed by atoms with Crippen molar-refractivity contribution in [2.45, 2.75) is 5.69 Å². The molecule has 2 heterocycles. The molecule has 0 aliphatic heterocycles. The number of aromatic nitrogens is 3. The first kappa shape index (κ1) is 14.9. The number of nitrogens with zero attached hydrogens (tertiary/aromatic N) is 3. The van der Waals surface area contributed by atoms with Crippen molar-refractivity contribution < 1.29 is 24.9 Å². The van der Waals surface area contributed by atoms with Crippen molar-refractivity contribution in [3.05, 3.63) is 36.4 Å². The molecule has 2 radical (unpaired) electrons. The lowest BCUT2D eigenvalue weighted by Gasteiger charge is -2.16. The van der Waals surface area contributed by atoms with Crippen molar-refractivity contribution in [1.29, 1.82) is 0 Å². The van der Waals surface area contributed by atoms with E-state index in [0.717, 1.165) is 6.20 Å². The Balaban J connectivity index is 2.15. The Morgan fingerprint density at radius 2 is 2.05 bits per heavy atom. The summed E-state index contributed by atoms with van der Waals surface area (Å²) >= 11 is 0. The summed E-state index contributed by atoms with van der Waals surface area (Å²) in [6, 6.07) is 3.03. The minimum atomic E-state index is -2.44. The second kappa shape index (κ2) is 5.86. The Hall–Kier alpha value is -2.52. The lowest BCUT2D eigenvalue weighted by Crippen LogP contribution is -2.35. The van der Waals surface area contributed by atoms with E-state index in [1.165, 1.54) is 18.5 Å². The average Bonchev–Trinajstić information content (AvgIpc) is 2.45. The van der Waals surface area contributed by atoms with Gasteiger partial charge in [0.2, 0.25) is 5.88 Å². The molecule has 2 aromatic rings. The fourth-order valence-corrected chi connectivity index (χ4v) is 1.41. The molecule has 9 heteroatoms. The van der Waals surface area contributed by atoms with Gasteiger partial charge in [0.1, 0.15) is 12.3 Å². The molecule has 0 amide bonds. The number of carbonyl (C=O) groups is 1. The second-order valence-corrected chi connectivity index (χ2v) is 4.15. The van der Waals surface area contributed by atoms with Gasteiger partial charge in [-0.2, -0.15) is 0 Å². The molecule has 2 rings (SSSR count). The van der Waals surface area contributed by atoms with Gasteiger partial charge in [-0.15, -0.1) is 0 Å². The van der Waals surface area contributed by atoms with E-state index >= 15 is 0 Å². The molecule has 0 unspecified atom stereocenters. The maximum absolute atomic E-state index is 10.8. The van der Waals surface area contributed by atoms with Crippen LogP contribution in [0.4, 0.5) is 0 Å². The summed E-state index contributed by atoms with van der Waals surface area (Å²) in [7, 11) is 4.93. The third-order valence-electron chi connectivity index (χ3n) is 2.32. The van der Waals surface area contributed by atoms with Crippen molar-refractivity contribution in [3.63, 3.8) is 0 Å². The van der Waals surface area contributed by atoms with E-state index in [2.05, 4.69) is 15.0 Å². The van der Waals surface area contributed by atoms with Crippen LogP contribution in [0.1, 0.15) is 10.5 Å². The molecular weight excluding hydrogens is 277 g/mol. The summed E-state index contributed by atoms with van der Waals surface area (Å²) in [5.74, 6) is -1.05. The number of rotatable bonds is 5. The third-order valence-corrected chi connectivity index (χ3v) is 2.32. The van der Waals surface area contributed by atoms with Crippen LogP contribution in [0.2, 0.25) is 0 Å². The Morgan fingerprint density at radius 3 is 2.62 bits per heavy atom. The SMILES string of the molecule is [B]C(O)(O)COc1ccc(-c2cncc(C(=O)O)n2)cn1. The fraction of sp³-hybridized carbons (Fsp3) is 0.167. The monoisotopic (exact) mass is 287 g/mol. The largest absolute Gasteiger partial charge is 0.476 e. The quantitative estimate of drug-likeness (QED) is 0.492. The third kappa shape index (κ3) is 4.23. The van der Waals surface area contributed by atoms with Gasteiger partial charge in [-0.05, 0) is 6.07 Å². The molecule has 8 nitrogen and oxygen atoms in total. The summed E-state index contributed by atoms with van der Waals surface area (Å²) in [6.07, 6.45) is 3.92. The normalized spacial score (nSPS) is 11.1. The summed E-state index contributed by atoms with van der Waals surface area (Å²) in [5.41, 5.74) is -1.75. The van der Waals surface area contributed by atoms with Crippen LogP contribution in [0, 0.1) is 0 Å². The van der Waals surface area contributed by atoms with Crippen LogP contribution >= 0.6 is 0 Å². The highest BCUT2D eigenvalue weighted by atomic mass is 16.6. The van der Waals surface area contributed by atoms with Crippen LogP contribution in [0.25, 0.3) is 11.3 Å². The van der Waals surface area contributed by atoms with E-state index in [9.17, 15) is 4.79 Å². The van der Waals surface area contributed by atoms with Crippen molar-refractivity contribution in [2.24, 2.45) is 0 Å². The van der Waals surface area contributed by atoms with Gasteiger partial charge < -0.3 is 20.1 Å². The molecule has 21 heavy (non-hydrogen) atoms. The zero-order valence-electron chi connectivity index (χ0n) is 10.7. The molecule has 2 aromatic heterocycles. The van der Waals surface area contributed by atoms with Crippen LogP contribution in [-0.2, 0) is 0 Å². The molecule has 0 saturated heterocycles. The molecule has 0 saturated carbocycles. The van der Waals surface area contributed by atoms with Gasteiger partial charge in [0.25, 0.3) is 0 Å². The first-order valence-electron chi connectivity index (χ1n) is 5.73. The summed E-state index contributed by atoms with van der Waals surface area (Å²) in [5, 5.41) is 26.7. The standard InChI is InChI=1S/C12H10BN3O5/c13-12(19,20)6-21-10-2-1-7(3-15-10)8-4-14-5-9(16-8)11(17)18/h1-5,19-20H,6H2,(H,17,18). The first-order valence-corrected chi connectivity index (χ1v) is 5.73. The molecule has 0 bridgehead atoms. The van der Waals surface area contributed by atoms with Crippen LogP contribution in [-0.4, -0.2) is 56.4 Å². The van der Waals surface area contributed by atoms with Crippen molar-refractivity contribution in [2.75, 3.05) is 6.61 Å². The smallest absolute Gasteiger partial charge is 0.356 e. The molecular formula is C12H10BN3O5. The van der Waals surface area contributed by atoms with Crippen molar-refractivity contribution >= 4 is 13.8 Å². The number of hydrogen-bond donors (Lipinski definition) is 3. The molecule has 0 spiro atoms. The summed E-state index contributed by atoms with van der Waals surface area (Å²) in [4.78, 5) is 22.4. The Labute approximate surface area is 120 Å². The van der Waals surface area contributed by atoms with E-state index in [1.54, 1.807) is 6.07 Å². The molecule has 0 aliphatic carbocycles. The first-order chi connectivity index (χ1) is 9.85. The summed E-state index contributed by atoms with van der Waals surface area (Å²) < 4.78 is 4.96. The van der Waals surface area contributed by atoms with Gasteiger partial charge in [-0.1, -0.05) is 0 Å². The minimum absolute atomic E-state index is 0.124.